The standard InChI is InChI=1S/C43H31N3Si/c1-47(2)39-23-22-36(26-37(39)38-25-33-14-8-9-15-34(33)27-40(38)47)43-45-41(30-11-4-3-5-12-30)44-42(46-43)31-19-16-29(17-20-31)35-21-18-28-10-6-7-13-32(28)24-35/h3-27H,1-2H3. The highest BCUT2D eigenvalue weighted by molar-refractivity contribution is 7.04. The molecular weight excluding hydrogens is 587 g/mol. The second kappa shape index (κ2) is 10.7. The van der Waals surface area contributed by atoms with Crippen LogP contribution in [0.5, 0.6) is 0 Å². The van der Waals surface area contributed by atoms with Crippen LogP contribution in [0.15, 0.2) is 152 Å². The van der Waals surface area contributed by atoms with Crippen molar-refractivity contribution in [3.8, 4) is 56.4 Å². The van der Waals surface area contributed by atoms with Crippen LogP contribution in [-0.4, -0.2) is 23.0 Å². The average molecular weight is 618 g/mol. The Labute approximate surface area is 275 Å². The van der Waals surface area contributed by atoms with E-state index < -0.39 is 8.07 Å². The molecule has 47 heavy (non-hydrogen) atoms. The van der Waals surface area contributed by atoms with Gasteiger partial charge in [-0.15, -0.1) is 0 Å². The molecule has 9 rings (SSSR count). The lowest BCUT2D eigenvalue weighted by Gasteiger charge is -2.19. The summed E-state index contributed by atoms with van der Waals surface area (Å²) in [5.74, 6) is 2.02. The van der Waals surface area contributed by atoms with E-state index >= 15 is 0 Å². The zero-order chi connectivity index (χ0) is 31.5. The number of hydrogen-bond acceptors (Lipinski definition) is 3. The van der Waals surface area contributed by atoms with Crippen molar-refractivity contribution < 1.29 is 0 Å². The molecule has 3 nitrogen and oxygen atoms in total. The Bertz CT molecular complexity index is 2480. The quantitative estimate of drug-likeness (QED) is 0.185. The summed E-state index contributed by atoms with van der Waals surface area (Å²) < 4.78 is 0. The molecule has 0 atom stereocenters. The van der Waals surface area contributed by atoms with Gasteiger partial charge in [-0.25, -0.2) is 15.0 Å². The van der Waals surface area contributed by atoms with Crippen LogP contribution < -0.4 is 10.4 Å². The van der Waals surface area contributed by atoms with E-state index in [1.54, 1.807) is 0 Å². The minimum absolute atomic E-state index is 0.667. The molecule has 1 aromatic heterocycles. The average Bonchev–Trinajstić information content (AvgIpc) is 3.35. The fraction of sp³-hybridized carbons (Fsp3) is 0.0465. The molecule has 0 amide bonds. The molecule has 0 radical (unpaired) electrons. The Morgan fingerprint density at radius 1 is 0.340 bits per heavy atom. The van der Waals surface area contributed by atoms with Crippen molar-refractivity contribution in [3.05, 3.63) is 152 Å². The third-order valence-electron chi connectivity index (χ3n) is 9.69. The maximum absolute atomic E-state index is 5.10. The highest BCUT2D eigenvalue weighted by atomic mass is 28.3. The third kappa shape index (κ3) is 4.68. The van der Waals surface area contributed by atoms with E-state index in [-0.39, 0.29) is 0 Å². The Hall–Kier alpha value is -5.71. The maximum atomic E-state index is 5.10. The summed E-state index contributed by atoms with van der Waals surface area (Å²) in [4.78, 5) is 15.1. The van der Waals surface area contributed by atoms with E-state index in [0.29, 0.717) is 17.5 Å². The third-order valence-corrected chi connectivity index (χ3v) is 13.2. The van der Waals surface area contributed by atoms with Gasteiger partial charge in [0.05, 0.1) is 0 Å². The SMILES string of the molecule is C[Si]1(C)c2ccc(-c3nc(-c4ccccc4)nc(-c4ccc(-c5ccc6ccccc6c5)cc4)n3)cc2-c2cc3ccccc3cc21. The van der Waals surface area contributed by atoms with Gasteiger partial charge >= 0.3 is 0 Å². The second-order valence-corrected chi connectivity index (χ2v) is 17.3. The van der Waals surface area contributed by atoms with Crippen LogP contribution in [0.3, 0.4) is 0 Å². The Morgan fingerprint density at radius 3 is 1.53 bits per heavy atom. The maximum Gasteiger partial charge on any atom is 0.164 e. The smallest absolute Gasteiger partial charge is 0.164 e. The predicted molar refractivity (Wildman–Crippen MR) is 199 cm³/mol. The summed E-state index contributed by atoms with van der Waals surface area (Å²) in [5.41, 5.74) is 7.94. The highest BCUT2D eigenvalue weighted by Gasteiger charge is 2.37. The van der Waals surface area contributed by atoms with Crippen LogP contribution in [0.1, 0.15) is 0 Å². The Kier molecular flexibility index (Phi) is 6.27. The van der Waals surface area contributed by atoms with Crippen molar-refractivity contribution in [3.63, 3.8) is 0 Å². The summed E-state index contributed by atoms with van der Waals surface area (Å²) in [6.45, 7) is 4.92. The fourth-order valence-corrected chi connectivity index (χ4v) is 10.2. The zero-order valence-corrected chi connectivity index (χ0v) is 27.3. The Balaban J connectivity index is 1.16. The molecule has 4 heteroatoms. The lowest BCUT2D eigenvalue weighted by molar-refractivity contribution is 1.07. The number of benzene rings is 7. The molecule has 8 aromatic rings. The van der Waals surface area contributed by atoms with Gasteiger partial charge in [0, 0.05) is 16.7 Å². The molecule has 0 saturated carbocycles. The molecule has 0 aliphatic carbocycles. The van der Waals surface area contributed by atoms with E-state index in [4.69, 9.17) is 15.0 Å². The van der Waals surface area contributed by atoms with Crippen molar-refractivity contribution >= 4 is 40.0 Å². The molecule has 1 aliphatic heterocycles. The van der Waals surface area contributed by atoms with Crippen LogP contribution in [0.2, 0.25) is 13.1 Å². The number of aromatic nitrogens is 3. The van der Waals surface area contributed by atoms with Gasteiger partial charge in [0.15, 0.2) is 17.5 Å². The Morgan fingerprint density at radius 2 is 0.830 bits per heavy atom. The molecule has 0 bridgehead atoms. The van der Waals surface area contributed by atoms with E-state index in [9.17, 15) is 0 Å². The second-order valence-electron chi connectivity index (χ2n) is 12.9. The molecule has 2 heterocycles. The normalized spacial score (nSPS) is 13.1. The van der Waals surface area contributed by atoms with E-state index in [1.807, 2.05) is 18.2 Å². The molecule has 222 valence electrons. The molecule has 0 fully saturated rings. The molecule has 0 unspecified atom stereocenters. The van der Waals surface area contributed by atoms with E-state index in [1.165, 1.54) is 48.6 Å². The molecule has 0 spiro atoms. The van der Waals surface area contributed by atoms with Crippen molar-refractivity contribution in [2.24, 2.45) is 0 Å². The number of nitrogens with zero attached hydrogens (tertiary/aromatic N) is 3. The first-order valence-electron chi connectivity index (χ1n) is 16.1. The first-order chi connectivity index (χ1) is 23.0. The topological polar surface area (TPSA) is 38.7 Å². The molecular formula is C43H31N3Si. The summed E-state index contributed by atoms with van der Waals surface area (Å²) in [7, 11) is -1.85. The first-order valence-corrected chi connectivity index (χ1v) is 19.1. The van der Waals surface area contributed by atoms with Gasteiger partial charge in [-0.05, 0) is 72.4 Å². The van der Waals surface area contributed by atoms with Crippen LogP contribution in [0.25, 0.3) is 78.0 Å². The van der Waals surface area contributed by atoms with E-state index in [0.717, 1.165) is 22.3 Å². The fourth-order valence-electron chi connectivity index (χ4n) is 7.11. The summed E-state index contributed by atoms with van der Waals surface area (Å²) >= 11 is 0. The van der Waals surface area contributed by atoms with Gasteiger partial charge in [-0.3, -0.25) is 0 Å². The van der Waals surface area contributed by atoms with Crippen LogP contribution >= 0.6 is 0 Å². The van der Waals surface area contributed by atoms with Gasteiger partial charge in [-0.1, -0.05) is 147 Å². The lowest BCUT2D eigenvalue weighted by atomic mass is 9.99. The predicted octanol–water partition coefficient (Wildman–Crippen LogP) is 9.65. The van der Waals surface area contributed by atoms with Gasteiger partial charge in [0.1, 0.15) is 8.07 Å². The lowest BCUT2D eigenvalue weighted by Crippen LogP contribution is -2.49. The summed E-state index contributed by atoms with van der Waals surface area (Å²) in [6.07, 6.45) is 0. The van der Waals surface area contributed by atoms with Crippen LogP contribution in [-0.2, 0) is 0 Å². The van der Waals surface area contributed by atoms with Gasteiger partial charge in [-0.2, -0.15) is 0 Å². The van der Waals surface area contributed by atoms with Crippen molar-refractivity contribution in [1.82, 2.24) is 15.0 Å². The van der Waals surface area contributed by atoms with Crippen molar-refractivity contribution in [1.29, 1.82) is 0 Å². The van der Waals surface area contributed by atoms with Crippen LogP contribution in [0, 0.1) is 0 Å². The number of rotatable bonds is 4. The highest BCUT2D eigenvalue weighted by Crippen LogP contribution is 2.35. The molecule has 0 N–H and O–H groups in total. The minimum atomic E-state index is -1.85. The monoisotopic (exact) mass is 617 g/mol. The summed E-state index contributed by atoms with van der Waals surface area (Å²) in [5, 5.41) is 8.02. The van der Waals surface area contributed by atoms with Crippen LogP contribution in [0.4, 0.5) is 0 Å². The zero-order valence-electron chi connectivity index (χ0n) is 26.3. The van der Waals surface area contributed by atoms with Crippen molar-refractivity contribution in [2.45, 2.75) is 13.1 Å². The number of hydrogen-bond donors (Lipinski definition) is 0. The molecule has 0 saturated heterocycles. The van der Waals surface area contributed by atoms with Gasteiger partial charge in [0.2, 0.25) is 0 Å². The largest absolute Gasteiger partial charge is 0.208 e. The minimum Gasteiger partial charge on any atom is -0.208 e. The van der Waals surface area contributed by atoms with E-state index in [2.05, 4.69) is 147 Å². The van der Waals surface area contributed by atoms with Gasteiger partial charge in [0.25, 0.3) is 0 Å². The number of fused-ring (bicyclic) bond motifs is 5. The van der Waals surface area contributed by atoms with Gasteiger partial charge < -0.3 is 0 Å². The first kappa shape index (κ1) is 27.6. The van der Waals surface area contributed by atoms with Crippen molar-refractivity contribution in [2.75, 3.05) is 0 Å². The molecule has 1 aliphatic rings. The molecule has 7 aromatic carbocycles. The summed E-state index contributed by atoms with van der Waals surface area (Å²) in [6, 6.07) is 54.2.